The molecule has 3 unspecified atom stereocenters. The van der Waals surface area contributed by atoms with Gasteiger partial charge in [0.05, 0.1) is 6.54 Å². The number of amides is 3. The molecule has 2 aliphatic rings. The normalized spacial score (nSPS) is 28.3. The van der Waals surface area contributed by atoms with Crippen molar-refractivity contribution in [1.82, 2.24) is 10.2 Å². The lowest BCUT2D eigenvalue weighted by Gasteiger charge is -2.43. The van der Waals surface area contributed by atoms with Gasteiger partial charge >= 0.3 is 6.03 Å². The van der Waals surface area contributed by atoms with Crippen LogP contribution >= 0.6 is 11.6 Å². The molecule has 2 fully saturated rings. The number of imide groups is 1. The topological polar surface area (TPSA) is 78.9 Å². The Hall–Kier alpha value is -1.79. The molecule has 1 saturated heterocycles. The Morgan fingerprint density at radius 1 is 1.30 bits per heavy atom. The lowest BCUT2D eigenvalue weighted by atomic mass is 9.64. The van der Waals surface area contributed by atoms with Gasteiger partial charge in [0.1, 0.15) is 24.0 Å². The van der Waals surface area contributed by atoms with Crippen molar-refractivity contribution in [2.24, 2.45) is 11.3 Å². The SMILES string of the molecule is CC1CC(C)(C)CC2(C1)NC(=O)N(CC(O)COc1ccc(Cl)cc1)C2=O. The maximum absolute atomic E-state index is 13.0. The Morgan fingerprint density at radius 2 is 1.96 bits per heavy atom. The summed E-state index contributed by atoms with van der Waals surface area (Å²) >= 11 is 5.83. The number of carbonyl (C=O) groups is 2. The highest BCUT2D eigenvalue weighted by Crippen LogP contribution is 2.46. The van der Waals surface area contributed by atoms with Crippen LogP contribution in [0.5, 0.6) is 5.75 Å². The van der Waals surface area contributed by atoms with E-state index in [-0.39, 0.29) is 24.5 Å². The number of aliphatic hydroxyl groups excluding tert-OH is 1. The summed E-state index contributed by atoms with van der Waals surface area (Å²) in [6, 6.07) is 6.34. The number of carbonyl (C=O) groups excluding carboxylic acids is 2. The molecule has 1 heterocycles. The van der Waals surface area contributed by atoms with Gasteiger partial charge in [-0.3, -0.25) is 9.69 Å². The zero-order valence-electron chi connectivity index (χ0n) is 16.0. The van der Waals surface area contributed by atoms with Crippen LogP contribution in [0.3, 0.4) is 0 Å². The minimum absolute atomic E-state index is 0.0202. The molecule has 3 atom stereocenters. The molecular weight excluding hydrogens is 368 g/mol. The number of hydrogen-bond donors (Lipinski definition) is 2. The van der Waals surface area contributed by atoms with Crippen molar-refractivity contribution in [3.8, 4) is 5.75 Å². The fourth-order valence-electron chi connectivity index (χ4n) is 4.66. The molecule has 1 aliphatic carbocycles. The number of ether oxygens (including phenoxy) is 1. The van der Waals surface area contributed by atoms with Crippen molar-refractivity contribution in [2.75, 3.05) is 13.2 Å². The van der Waals surface area contributed by atoms with Crippen LogP contribution in [0.2, 0.25) is 5.02 Å². The van der Waals surface area contributed by atoms with Gasteiger partial charge in [-0.1, -0.05) is 32.4 Å². The quantitative estimate of drug-likeness (QED) is 0.751. The molecule has 1 saturated carbocycles. The first-order valence-electron chi connectivity index (χ1n) is 9.31. The molecule has 2 N–H and O–H groups in total. The summed E-state index contributed by atoms with van der Waals surface area (Å²) in [5, 5.41) is 13.8. The van der Waals surface area contributed by atoms with Crippen LogP contribution in [0, 0.1) is 11.3 Å². The van der Waals surface area contributed by atoms with Crippen molar-refractivity contribution in [3.05, 3.63) is 29.3 Å². The Bertz CT molecular complexity index is 721. The highest BCUT2D eigenvalue weighted by atomic mass is 35.5. The van der Waals surface area contributed by atoms with E-state index in [4.69, 9.17) is 16.3 Å². The number of urea groups is 1. The minimum Gasteiger partial charge on any atom is -0.491 e. The van der Waals surface area contributed by atoms with Gasteiger partial charge in [0.15, 0.2) is 0 Å². The molecule has 1 aromatic carbocycles. The first kappa shape index (κ1) is 20.0. The third kappa shape index (κ3) is 4.38. The molecule has 6 nitrogen and oxygen atoms in total. The number of benzene rings is 1. The van der Waals surface area contributed by atoms with Gasteiger partial charge in [0, 0.05) is 5.02 Å². The van der Waals surface area contributed by atoms with Crippen LogP contribution in [0.4, 0.5) is 4.79 Å². The molecular formula is C20H27ClN2O4. The number of β-amino-alcohol motifs (C(OH)–C–C–N with tert-alkyl or cyclic N) is 1. The summed E-state index contributed by atoms with van der Waals surface area (Å²) in [6.07, 6.45) is 1.30. The summed E-state index contributed by atoms with van der Waals surface area (Å²) in [4.78, 5) is 26.6. The molecule has 0 radical (unpaired) electrons. The van der Waals surface area contributed by atoms with E-state index in [1.54, 1.807) is 24.3 Å². The summed E-state index contributed by atoms with van der Waals surface area (Å²) < 4.78 is 5.51. The first-order chi connectivity index (χ1) is 12.6. The van der Waals surface area contributed by atoms with E-state index in [2.05, 4.69) is 26.1 Å². The molecule has 1 aromatic rings. The molecule has 3 rings (SSSR count). The zero-order valence-corrected chi connectivity index (χ0v) is 16.8. The lowest BCUT2D eigenvalue weighted by molar-refractivity contribution is -0.135. The lowest BCUT2D eigenvalue weighted by Crippen LogP contribution is -2.54. The molecule has 1 aliphatic heterocycles. The monoisotopic (exact) mass is 394 g/mol. The van der Waals surface area contributed by atoms with Gasteiger partial charge in [-0.05, 0) is 54.9 Å². The molecule has 0 aromatic heterocycles. The van der Waals surface area contributed by atoms with Crippen molar-refractivity contribution < 1.29 is 19.4 Å². The van der Waals surface area contributed by atoms with Crippen LogP contribution in [0.15, 0.2) is 24.3 Å². The van der Waals surface area contributed by atoms with E-state index >= 15 is 0 Å². The smallest absolute Gasteiger partial charge is 0.325 e. The average Bonchev–Trinajstić information content (AvgIpc) is 2.76. The van der Waals surface area contributed by atoms with E-state index in [0.717, 1.165) is 11.3 Å². The summed E-state index contributed by atoms with van der Waals surface area (Å²) in [5.41, 5.74) is -0.873. The van der Waals surface area contributed by atoms with Crippen molar-refractivity contribution >= 4 is 23.5 Å². The first-order valence-corrected chi connectivity index (χ1v) is 9.69. The molecule has 0 bridgehead atoms. The predicted molar refractivity (Wildman–Crippen MR) is 103 cm³/mol. The van der Waals surface area contributed by atoms with E-state index in [1.165, 1.54) is 0 Å². The number of halogens is 1. The Balaban J connectivity index is 1.62. The van der Waals surface area contributed by atoms with Crippen LogP contribution in [0.25, 0.3) is 0 Å². The Kier molecular flexibility index (Phi) is 5.41. The minimum atomic E-state index is -0.973. The van der Waals surface area contributed by atoms with E-state index in [1.807, 2.05) is 0 Å². The summed E-state index contributed by atoms with van der Waals surface area (Å²) in [7, 11) is 0. The van der Waals surface area contributed by atoms with Crippen molar-refractivity contribution in [1.29, 1.82) is 0 Å². The molecule has 1 spiro atoms. The molecule has 148 valence electrons. The maximum atomic E-state index is 13.0. The second kappa shape index (κ2) is 7.32. The van der Waals surface area contributed by atoms with Gasteiger partial charge in [-0.2, -0.15) is 0 Å². The number of rotatable bonds is 5. The molecule has 3 amide bonds. The van der Waals surface area contributed by atoms with Gasteiger partial charge < -0.3 is 15.2 Å². The average molecular weight is 395 g/mol. The third-order valence-electron chi connectivity index (χ3n) is 5.27. The highest BCUT2D eigenvalue weighted by molar-refractivity contribution is 6.30. The van der Waals surface area contributed by atoms with Gasteiger partial charge in [0.2, 0.25) is 0 Å². The van der Waals surface area contributed by atoms with E-state index < -0.39 is 17.7 Å². The standard InChI is InChI=1S/C20H27ClN2O4/c1-13-8-19(2,3)12-20(9-13)17(25)23(18(26)22-20)10-15(24)11-27-16-6-4-14(21)5-7-16/h4-7,13,15,24H,8-12H2,1-3H3,(H,22,26). The second-order valence-corrected chi connectivity index (χ2v) is 9.14. The van der Waals surface area contributed by atoms with Gasteiger partial charge in [0.25, 0.3) is 5.91 Å². The number of nitrogens with one attached hydrogen (secondary N) is 1. The third-order valence-corrected chi connectivity index (χ3v) is 5.53. The zero-order chi connectivity index (χ0) is 19.8. The van der Waals surface area contributed by atoms with Crippen LogP contribution in [0.1, 0.15) is 40.0 Å². The van der Waals surface area contributed by atoms with Gasteiger partial charge in [-0.15, -0.1) is 0 Å². The summed E-state index contributed by atoms with van der Waals surface area (Å²) in [5.74, 6) is 0.670. The van der Waals surface area contributed by atoms with Crippen molar-refractivity contribution in [3.63, 3.8) is 0 Å². The number of aliphatic hydroxyl groups is 1. The predicted octanol–water partition coefficient (Wildman–Crippen LogP) is 3.22. The largest absolute Gasteiger partial charge is 0.491 e. The second-order valence-electron chi connectivity index (χ2n) is 8.70. The van der Waals surface area contributed by atoms with E-state index in [9.17, 15) is 14.7 Å². The van der Waals surface area contributed by atoms with Crippen molar-refractivity contribution in [2.45, 2.75) is 51.7 Å². The fraction of sp³-hybridized carbons (Fsp3) is 0.600. The van der Waals surface area contributed by atoms with Crippen LogP contribution < -0.4 is 10.1 Å². The summed E-state index contributed by atoms with van der Waals surface area (Å²) in [6.45, 7) is 6.25. The van der Waals surface area contributed by atoms with Crippen LogP contribution in [-0.2, 0) is 4.79 Å². The van der Waals surface area contributed by atoms with Crippen LogP contribution in [-0.4, -0.2) is 46.7 Å². The number of hydrogen-bond acceptors (Lipinski definition) is 4. The van der Waals surface area contributed by atoms with Gasteiger partial charge in [-0.25, -0.2) is 4.79 Å². The van der Waals surface area contributed by atoms with E-state index in [0.29, 0.717) is 29.5 Å². The molecule has 7 heteroatoms. The fourth-order valence-corrected chi connectivity index (χ4v) is 4.78. The Morgan fingerprint density at radius 3 is 2.59 bits per heavy atom. The highest BCUT2D eigenvalue weighted by Gasteiger charge is 2.56. The maximum Gasteiger partial charge on any atom is 0.325 e. The number of nitrogens with zero attached hydrogens (tertiary/aromatic N) is 1. The molecule has 27 heavy (non-hydrogen) atoms. The Labute approximate surface area is 164 Å².